The number of amides is 2. The number of ether oxygens (including phenoxy) is 3. The Morgan fingerprint density at radius 3 is 2.38 bits per heavy atom. The van der Waals surface area contributed by atoms with Crippen molar-refractivity contribution in [3.05, 3.63) is 78.9 Å². The minimum atomic E-state index is -0.394. The van der Waals surface area contributed by atoms with E-state index in [-0.39, 0.29) is 30.9 Å². The Labute approximate surface area is 226 Å². The van der Waals surface area contributed by atoms with Crippen LogP contribution < -0.4 is 14.8 Å². The third kappa shape index (κ3) is 6.12. The van der Waals surface area contributed by atoms with E-state index >= 15 is 0 Å². The second-order valence-electron chi connectivity index (χ2n) is 9.09. The first-order chi connectivity index (χ1) is 19.0. The Morgan fingerprint density at radius 1 is 1.05 bits per heavy atom. The predicted octanol–water partition coefficient (Wildman–Crippen LogP) is 4.41. The van der Waals surface area contributed by atoms with Crippen LogP contribution in [0.5, 0.6) is 11.5 Å². The topological polar surface area (TPSA) is 108 Å². The highest BCUT2D eigenvalue weighted by atomic mass is 16.5. The van der Waals surface area contributed by atoms with Gasteiger partial charge in [-0.05, 0) is 73.5 Å². The molecule has 202 valence electrons. The van der Waals surface area contributed by atoms with E-state index in [1.807, 2.05) is 54.7 Å². The fraction of sp³-hybridized carbons (Fsp3) is 0.276. The Hall–Kier alpha value is -4.57. The van der Waals surface area contributed by atoms with Crippen LogP contribution in [0.1, 0.15) is 23.4 Å². The quantitative estimate of drug-likeness (QED) is 0.324. The van der Waals surface area contributed by atoms with Crippen LogP contribution in [0.2, 0.25) is 0 Å². The Kier molecular flexibility index (Phi) is 7.93. The number of hydrogen-bond donors (Lipinski definition) is 1. The largest absolute Gasteiger partial charge is 0.497 e. The summed E-state index contributed by atoms with van der Waals surface area (Å²) in [6, 6.07) is 18.1. The second-order valence-corrected chi connectivity index (χ2v) is 9.09. The smallest absolute Gasteiger partial charge is 0.290 e. The number of hydrogen-bond acceptors (Lipinski definition) is 7. The van der Waals surface area contributed by atoms with Crippen molar-refractivity contribution < 1.29 is 28.2 Å². The maximum Gasteiger partial charge on any atom is 0.290 e. The van der Waals surface area contributed by atoms with Gasteiger partial charge < -0.3 is 23.5 Å². The molecule has 2 amide bonds. The summed E-state index contributed by atoms with van der Waals surface area (Å²) >= 11 is 0. The summed E-state index contributed by atoms with van der Waals surface area (Å²) in [6.07, 6.45) is 4.91. The van der Waals surface area contributed by atoms with Crippen LogP contribution in [0.25, 0.3) is 16.9 Å². The summed E-state index contributed by atoms with van der Waals surface area (Å²) in [6.45, 7) is 0.747. The molecule has 39 heavy (non-hydrogen) atoms. The normalized spacial score (nSPS) is 14.7. The van der Waals surface area contributed by atoms with Crippen molar-refractivity contribution in [2.24, 2.45) is 0 Å². The van der Waals surface area contributed by atoms with Crippen molar-refractivity contribution in [2.45, 2.75) is 18.9 Å². The highest BCUT2D eigenvalue weighted by molar-refractivity contribution is 5.97. The van der Waals surface area contributed by atoms with Gasteiger partial charge in [0.2, 0.25) is 11.9 Å². The van der Waals surface area contributed by atoms with E-state index < -0.39 is 5.91 Å². The number of nitrogens with zero attached hydrogens (tertiary/aromatic N) is 3. The Balaban J connectivity index is 1.41. The minimum absolute atomic E-state index is 0.125. The molecule has 4 aromatic rings. The van der Waals surface area contributed by atoms with Crippen LogP contribution in [0.4, 0.5) is 5.95 Å². The highest BCUT2D eigenvalue weighted by Gasteiger charge is 2.27. The highest BCUT2D eigenvalue weighted by Crippen LogP contribution is 2.27. The summed E-state index contributed by atoms with van der Waals surface area (Å²) in [7, 11) is 3.21. The van der Waals surface area contributed by atoms with Gasteiger partial charge in [-0.25, -0.2) is 4.98 Å². The monoisotopic (exact) mass is 530 g/mol. The maximum absolute atomic E-state index is 13.3. The molecule has 3 heterocycles. The molecule has 0 spiro atoms. The van der Waals surface area contributed by atoms with E-state index in [0.29, 0.717) is 24.0 Å². The molecular weight excluding hydrogens is 500 g/mol. The van der Waals surface area contributed by atoms with Gasteiger partial charge in [0, 0.05) is 30.6 Å². The van der Waals surface area contributed by atoms with Gasteiger partial charge >= 0.3 is 0 Å². The molecule has 1 fully saturated rings. The fourth-order valence-electron chi connectivity index (χ4n) is 4.46. The molecule has 5 rings (SSSR count). The lowest BCUT2D eigenvalue weighted by Crippen LogP contribution is -2.42. The molecule has 2 aromatic heterocycles. The molecule has 0 saturated carbocycles. The third-order valence-corrected chi connectivity index (χ3v) is 6.50. The van der Waals surface area contributed by atoms with Gasteiger partial charge in [-0.1, -0.05) is 0 Å². The fourth-order valence-corrected chi connectivity index (χ4v) is 4.46. The molecule has 10 nitrogen and oxygen atoms in total. The lowest BCUT2D eigenvalue weighted by Gasteiger charge is -2.24. The Bertz CT molecular complexity index is 1390. The number of carbonyl (C=O) groups is 2. The molecule has 0 aliphatic carbocycles. The first-order valence-corrected chi connectivity index (χ1v) is 12.7. The second kappa shape index (κ2) is 11.9. The average molecular weight is 531 g/mol. The molecule has 1 atom stereocenters. The van der Waals surface area contributed by atoms with Gasteiger partial charge in [0.05, 0.1) is 32.3 Å². The maximum atomic E-state index is 13.3. The van der Waals surface area contributed by atoms with Crippen molar-refractivity contribution in [1.82, 2.24) is 14.5 Å². The zero-order valence-electron chi connectivity index (χ0n) is 21.8. The Morgan fingerprint density at radius 2 is 1.77 bits per heavy atom. The SMILES string of the molecule is COc1ccc(-c2cn(-c3ccc(OC)cc3)c(NC(=O)CN(CC3CCCO3)C(=O)c3ccco3)n2)cc1. The third-order valence-electron chi connectivity index (χ3n) is 6.50. The van der Waals surface area contributed by atoms with Gasteiger partial charge in [-0.3, -0.25) is 19.5 Å². The molecular formula is C29H30N4O6. The molecule has 0 bridgehead atoms. The summed E-state index contributed by atoms with van der Waals surface area (Å²) in [4.78, 5) is 32.6. The number of nitrogens with one attached hydrogen (secondary N) is 1. The number of rotatable bonds is 10. The molecule has 10 heteroatoms. The number of anilines is 1. The molecule has 1 aliphatic rings. The van der Waals surface area contributed by atoms with Gasteiger partial charge in [-0.15, -0.1) is 0 Å². The zero-order valence-corrected chi connectivity index (χ0v) is 21.8. The standard InChI is InChI=1S/C29H30N4O6/c1-36-22-11-7-20(8-12-22)25-18-33(21-9-13-23(37-2)14-10-21)29(30-25)31-27(34)19-32(17-24-5-3-15-38-24)28(35)26-6-4-16-39-26/h4,6-14,16,18,24H,3,5,15,17,19H2,1-2H3,(H,30,31,34). The molecule has 1 N–H and O–H groups in total. The van der Waals surface area contributed by atoms with Crippen LogP contribution in [0.15, 0.2) is 77.5 Å². The van der Waals surface area contributed by atoms with Crippen molar-refractivity contribution >= 4 is 17.8 Å². The lowest BCUT2D eigenvalue weighted by atomic mass is 10.1. The van der Waals surface area contributed by atoms with E-state index in [4.69, 9.17) is 23.6 Å². The summed E-state index contributed by atoms with van der Waals surface area (Å²) in [5.74, 6) is 1.16. The minimum Gasteiger partial charge on any atom is -0.497 e. The molecule has 2 aromatic carbocycles. The molecule has 1 unspecified atom stereocenters. The van der Waals surface area contributed by atoms with Crippen molar-refractivity contribution in [2.75, 3.05) is 39.2 Å². The van der Waals surface area contributed by atoms with Crippen molar-refractivity contribution in [3.8, 4) is 28.4 Å². The van der Waals surface area contributed by atoms with E-state index in [1.165, 1.54) is 11.2 Å². The number of carbonyl (C=O) groups excluding carboxylic acids is 2. The van der Waals surface area contributed by atoms with E-state index in [0.717, 1.165) is 29.8 Å². The van der Waals surface area contributed by atoms with E-state index in [1.54, 1.807) is 30.9 Å². The number of aromatic nitrogens is 2. The molecule has 1 saturated heterocycles. The number of imidazole rings is 1. The van der Waals surface area contributed by atoms with Crippen LogP contribution in [0, 0.1) is 0 Å². The predicted molar refractivity (Wildman–Crippen MR) is 144 cm³/mol. The van der Waals surface area contributed by atoms with E-state index in [2.05, 4.69) is 5.32 Å². The summed E-state index contributed by atoms with van der Waals surface area (Å²) < 4.78 is 23.4. The van der Waals surface area contributed by atoms with Crippen LogP contribution in [-0.4, -0.2) is 66.3 Å². The lowest BCUT2D eigenvalue weighted by molar-refractivity contribution is -0.117. The van der Waals surface area contributed by atoms with Gasteiger partial charge in [0.1, 0.15) is 18.0 Å². The van der Waals surface area contributed by atoms with E-state index in [9.17, 15) is 9.59 Å². The molecule has 1 aliphatic heterocycles. The van der Waals surface area contributed by atoms with Crippen LogP contribution >= 0.6 is 0 Å². The molecule has 0 radical (unpaired) electrons. The van der Waals surface area contributed by atoms with Crippen LogP contribution in [-0.2, 0) is 9.53 Å². The van der Waals surface area contributed by atoms with Gasteiger partial charge in [0.25, 0.3) is 5.91 Å². The van der Waals surface area contributed by atoms with Crippen molar-refractivity contribution in [3.63, 3.8) is 0 Å². The number of benzene rings is 2. The first kappa shape index (κ1) is 26.1. The number of furan rings is 1. The van der Waals surface area contributed by atoms with Crippen molar-refractivity contribution in [1.29, 1.82) is 0 Å². The van der Waals surface area contributed by atoms with Crippen LogP contribution in [0.3, 0.4) is 0 Å². The summed E-state index contributed by atoms with van der Waals surface area (Å²) in [5, 5.41) is 2.90. The first-order valence-electron chi connectivity index (χ1n) is 12.7. The number of methoxy groups -OCH3 is 2. The zero-order chi connectivity index (χ0) is 27.2. The van der Waals surface area contributed by atoms with Gasteiger partial charge in [0.15, 0.2) is 5.76 Å². The average Bonchev–Trinajstić information content (AvgIpc) is 3.75. The summed E-state index contributed by atoms with van der Waals surface area (Å²) in [5.41, 5.74) is 2.29. The van der Waals surface area contributed by atoms with Gasteiger partial charge in [-0.2, -0.15) is 0 Å².